The zero-order valence-corrected chi connectivity index (χ0v) is 13.2. The lowest BCUT2D eigenvalue weighted by molar-refractivity contribution is 0.0628. The van der Waals surface area contributed by atoms with Crippen LogP contribution in [0.5, 0.6) is 0 Å². The first-order valence-corrected chi connectivity index (χ1v) is 8.71. The second kappa shape index (κ2) is 5.40. The van der Waals surface area contributed by atoms with Crippen molar-refractivity contribution in [3.63, 3.8) is 0 Å². The molecule has 0 amide bonds. The van der Waals surface area contributed by atoms with Crippen molar-refractivity contribution in [1.82, 2.24) is 5.32 Å². The Balaban J connectivity index is 1.53. The normalized spacial score (nSPS) is 31.6. The van der Waals surface area contributed by atoms with Crippen molar-refractivity contribution >= 4 is 0 Å². The third-order valence-electron chi connectivity index (χ3n) is 5.87. The van der Waals surface area contributed by atoms with Crippen LogP contribution in [0.25, 0.3) is 0 Å². The van der Waals surface area contributed by atoms with Gasteiger partial charge in [0.15, 0.2) is 0 Å². The van der Waals surface area contributed by atoms with Crippen LogP contribution in [0.4, 0.5) is 0 Å². The highest BCUT2D eigenvalue weighted by molar-refractivity contribution is 5.36. The van der Waals surface area contributed by atoms with Crippen LogP contribution in [0, 0.1) is 5.41 Å². The maximum absolute atomic E-state index is 5.95. The van der Waals surface area contributed by atoms with E-state index in [1.54, 1.807) is 11.1 Å². The van der Waals surface area contributed by atoms with E-state index in [1.165, 1.54) is 50.5 Å². The van der Waals surface area contributed by atoms with Crippen LogP contribution >= 0.6 is 0 Å². The largest absolute Gasteiger partial charge is 0.378 e. The molecule has 3 aliphatic rings. The molecule has 1 saturated carbocycles. The quantitative estimate of drug-likeness (QED) is 0.896. The van der Waals surface area contributed by atoms with Crippen molar-refractivity contribution in [2.75, 3.05) is 13.2 Å². The van der Waals surface area contributed by atoms with Gasteiger partial charge in [0.2, 0.25) is 0 Å². The number of ether oxygens (including phenoxy) is 1. The van der Waals surface area contributed by atoms with Crippen molar-refractivity contribution in [1.29, 1.82) is 0 Å². The van der Waals surface area contributed by atoms with Crippen molar-refractivity contribution in [2.24, 2.45) is 5.41 Å². The summed E-state index contributed by atoms with van der Waals surface area (Å²) in [6.07, 6.45) is 9.37. The van der Waals surface area contributed by atoms with Crippen LogP contribution in [0.1, 0.15) is 49.3 Å². The molecule has 1 saturated heterocycles. The van der Waals surface area contributed by atoms with E-state index in [0.29, 0.717) is 11.5 Å². The summed E-state index contributed by atoms with van der Waals surface area (Å²) < 4.78 is 5.95. The van der Waals surface area contributed by atoms with E-state index in [4.69, 9.17) is 4.74 Å². The van der Waals surface area contributed by atoms with E-state index in [2.05, 4.69) is 30.4 Å². The minimum absolute atomic E-state index is 0.301. The van der Waals surface area contributed by atoms with Gasteiger partial charge in [-0.3, -0.25) is 0 Å². The molecule has 4 rings (SSSR count). The van der Waals surface area contributed by atoms with Crippen molar-refractivity contribution in [3.8, 4) is 0 Å². The summed E-state index contributed by atoms with van der Waals surface area (Å²) in [5.41, 5.74) is 5.00. The Morgan fingerprint density at radius 1 is 1.24 bits per heavy atom. The highest BCUT2D eigenvalue weighted by atomic mass is 16.5. The molecule has 1 N–H and O–H groups in total. The molecule has 0 radical (unpaired) electrons. The van der Waals surface area contributed by atoms with Crippen LogP contribution in [0.15, 0.2) is 18.2 Å². The molecule has 2 unspecified atom stereocenters. The minimum atomic E-state index is 0.301. The average Bonchev–Trinajstić information content (AvgIpc) is 3.09. The molecule has 21 heavy (non-hydrogen) atoms. The van der Waals surface area contributed by atoms with E-state index in [1.807, 2.05) is 0 Å². The van der Waals surface area contributed by atoms with Crippen LogP contribution in [-0.4, -0.2) is 25.3 Å². The molecule has 1 aliphatic heterocycles. The lowest BCUT2D eigenvalue weighted by Gasteiger charge is -2.33. The molecule has 0 spiro atoms. The lowest BCUT2D eigenvalue weighted by atomic mass is 9.76. The van der Waals surface area contributed by atoms with Gasteiger partial charge in [-0.2, -0.15) is 0 Å². The van der Waals surface area contributed by atoms with Crippen LogP contribution in [0.3, 0.4) is 0 Å². The maximum Gasteiger partial charge on any atom is 0.0619 e. The molecule has 2 fully saturated rings. The van der Waals surface area contributed by atoms with E-state index in [-0.39, 0.29) is 0 Å². The molecule has 2 aliphatic carbocycles. The van der Waals surface area contributed by atoms with Crippen molar-refractivity contribution in [3.05, 3.63) is 34.9 Å². The molecule has 1 aromatic rings. The Bertz CT molecular complexity index is 522. The summed E-state index contributed by atoms with van der Waals surface area (Å²) >= 11 is 0. The zero-order chi connectivity index (χ0) is 14.3. The van der Waals surface area contributed by atoms with Gasteiger partial charge >= 0.3 is 0 Å². The minimum Gasteiger partial charge on any atom is -0.378 e. The second-order valence-electron chi connectivity index (χ2n) is 7.41. The fourth-order valence-corrected chi connectivity index (χ4v) is 4.12. The molecule has 114 valence electrons. The number of benzene rings is 1. The summed E-state index contributed by atoms with van der Waals surface area (Å²) in [4.78, 5) is 0. The van der Waals surface area contributed by atoms with Gasteiger partial charge in [0.05, 0.1) is 6.10 Å². The molecular formula is C19H27NO. The van der Waals surface area contributed by atoms with Crippen molar-refractivity contribution < 1.29 is 4.74 Å². The standard InChI is InChI=1S/C19H27NO/c1-14-19(9-10-21-14,13-20-18-7-8-18)12-15-5-6-16-3-2-4-17(16)11-15/h5-6,11,14,18,20H,2-4,7-10,12-13H2,1H3. The maximum atomic E-state index is 5.95. The first kappa shape index (κ1) is 13.8. The van der Waals surface area contributed by atoms with Gasteiger partial charge < -0.3 is 10.1 Å². The fourth-order valence-electron chi connectivity index (χ4n) is 4.12. The predicted molar refractivity (Wildman–Crippen MR) is 85.7 cm³/mol. The zero-order valence-electron chi connectivity index (χ0n) is 13.2. The third kappa shape index (κ3) is 2.76. The number of aryl methyl sites for hydroxylation is 2. The molecular weight excluding hydrogens is 258 g/mol. The van der Waals surface area contributed by atoms with Gasteiger partial charge in [-0.15, -0.1) is 0 Å². The predicted octanol–water partition coefficient (Wildman–Crippen LogP) is 3.27. The van der Waals surface area contributed by atoms with Gasteiger partial charge in [-0.05, 0) is 68.6 Å². The molecule has 2 nitrogen and oxygen atoms in total. The van der Waals surface area contributed by atoms with Crippen LogP contribution in [-0.2, 0) is 24.0 Å². The Labute approximate surface area is 128 Å². The molecule has 0 aromatic heterocycles. The first-order valence-electron chi connectivity index (χ1n) is 8.71. The molecule has 2 heteroatoms. The fraction of sp³-hybridized carbons (Fsp3) is 0.684. The Morgan fingerprint density at radius 2 is 2.10 bits per heavy atom. The lowest BCUT2D eigenvalue weighted by Crippen LogP contribution is -2.42. The SMILES string of the molecule is CC1OCCC1(CNC1CC1)Cc1ccc2c(c1)CCC2. The third-order valence-corrected chi connectivity index (χ3v) is 5.87. The summed E-state index contributed by atoms with van der Waals surface area (Å²) in [5, 5.41) is 3.76. The summed E-state index contributed by atoms with van der Waals surface area (Å²) in [6.45, 7) is 4.32. The van der Waals surface area contributed by atoms with Gasteiger partial charge in [0.1, 0.15) is 0 Å². The van der Waals surface area contributed by atoms with Crippen LogP contribution < -0.4 is 5.32 Å². The van der Waals surface area contributed by atoms with Crippen LogP contribution in [0.2, 0.25) is 0 Å². The monoisotopic (exact) mass is 285 g/mol. The molecule has 1 heterocycles. The average molecular weight is 285 g/mol. The Kier molecular flexibility index (Phi) is 3.55. The topological polar surface area (TPSA) is 21.3 Å². The van der Waals surface area contributed by atoms with Gasteiger partial charge in [0.25, 0.3) is 0 Å². The highest BCUT2D eigenvalue weighted by Crippen LogP contribution is 2.39. The number of rotatable bonds is 5. The summed E-state index contributed by atoms with van der Waals surface area (Å²) in [5.74, 6) is 0. The molecule has 0 bridgehead atoms. The Hall–Kier alpha value is -0.860. The number of nitrogens with one attached hydrogen (secondary N) is 1. The van der Waals surface area contributed by atoms with Crippen molar-refractivity contribution in [2.45, 2.75) is 64.0 Å². The summed E-state index contributed by atoms with van der Waals surface area (Å²) in [7, 11) is 0. The summed E-state index contributed by atoms with van der Waals surface area (Å²) in [6, 6.07) is 8.01. The van der Waals surface area contributed by atoms with Gasteiger partial charge in [-0.25, -0.2) is 0 Å². The van der Waals surface area contributed by atoms with Gasteiger partial charge in [0, 0.05) is 24.6 Å². The number of fused-ring (bicyclic) bond motifs is 1. The molecule has 2 atom stereocenters. The Morgan fingerprint density at radius 3 is 2.86 bits per heavy atom. The first-order chi connectivity index (χ1) is 10.3. The van der Waals surface area contributed by atoms with E-state index in [9.17, 15) is 0 Å². The molecule has 1 aromatic carbocycles. The van der Waals surface area contributed by atoms with E-state index in [0.717, 1.165) is 19.2 Å². The second-order valence-corrected chi connectivity index (χ2v) is 7.41. The number of hydrogen-bond donors (Lipinski definition) is 1. The number of hydrogen-bond acceptors (Lipinski definition) is 2. The highest BCUT2D eigenvalue weighted by Gasteiger charge is 2.42. The smallest absolute Gasteiger partial charge is 0.0619 e. The van der Waals surface area contributed by atoms with E-state index < -0.39 is 0 Å². The van der Waals surface area contributed by atoms with Gasteiger partial charge in [-0.1, -0.05) is 18.2 Å². The van der Waals surface area contributed by atoms with E-state index >= 15 is 0 Å².